The van der Waals surface area contributed by atoms with Crippen molar-refractivity contribution in [2.75, 3.05) is 0 Å². The molecule has 3 saturated carbocycles. The lowest BCUT2D eigenvalue weighted by Crippen LogP contribution is -2.73. The van der Waals surface area contributed by atoms with E-state index in [1.165, 1.54) is 19.3 Å². The Hall–Kier alpha value is 0.700. The van der Waals surface area contributed by atoms with Crippen LogP contribution in [0, 0.1) is 17.8 Å². The van der Waals surface area contributed by atoms with E-state index in [4.69, 9.17) is 12.6 Å². The summed E-state index contributed by atoms with van der Waals surface area (Å²) in [6.07, 6.45) is 4.19. The molecule has 0 nitrogen and oxygen atoms in total. The van der Waals surface area contributed by atoms with E-state index in [2.05, 4.69) is 12.6 Å². The second-order valence-electron chi connectivity index (χ2n) is 4.13. The Balaban J connectivity index is 1.88. The molecule has 0 spiro atoms. The Morgan fingerprint density at radius 1 is 1.40 bits per heavy atom. The molecule has 0 saturated heterocycles. The number of hydrogen-bond acceptors (Lipinski definition) is 2. The molecule has 0 aliphatic heterocycles. The van der Waals surface area contributed by atoms with Gasteiger partial charge in [0.25, 0.3) is 0 Å². The van der Waals surface area contributed by atoms with Crippen LogP contribution >= 0.6 is 25.3 Å². The van der Waals surface area contributed by atoms with Crippen LogP contribution in [0.1, 0.15) is 19.3 Å². The molecule has 0 N–H and O–H groups in total. The first-order valence-corrected chi connectivity index (χ1v) is 5.10. The predicted octanol–water partition coefficient (Wildman–Crippen LogP) is 2.01. The fourth-order valence-electron chi connectivity index (χ4n) is 3.27. The van der Waals surface area contributed by atoms with Gasteiger partial charge in [0.15, 0.2) is 0 Å². The van der Waals surface area contributed by atoms with Crippen LogP contribution in [-0.2, 0) is 0 Å². The number of fused-ring (bicyclic) bond motifs is 4. The first kappa shape index (κ1) is 6.24. The number of thiol groups is 2. The third kappa shape index (κ3) is 0.428. The third-order valence-corrected chi connectivity index (χ3v) is 5.37. The zero-order valence-corrected chi connectivity index (χ0v) is 7.61. The van der Waals surface area contributed by atoms with Crippen LogP contribution < -0.4 is 0 Å². The van der Waals surface area contributed by atoms with Gasteiger partial charge in [0.2, 0.25) is 0 Å². The highest BCUT2D eigenvalue weighted by molar-refractivity contribution is 7.82. The summed E-state index contributed by atoms with van der Waals surface area (Å²) in [4.78, 5) is 0. The molecule has 3 aliphatic carbocycles. The molecule has 10 heavy (non-hydrogen) atoms. The lowest BCUT2D eigenvalue weighted by atomic mass is 9.38. The standard InChI is InChI=1S/C8H12S2/c9-6-3-4-5-1-2-8(5,10)7(4)6/h4-7,9-10H,1-3H2. The van der Waals surface area contributed by atoms with E-state index in [0.29, 0.717) is 10.00 Å². The number of hydrogen-bond donors (Lipinski definition) is 2. The van der Waals surface area contributed by atoms with Gasteiger partial charge in [-0.2, -0.15) is 25.3 Å². The van der Waals surface area contributed by atoms with Crippen molar-refractivity contribution >= 4 is 25.3 Å². The van der Waals surface area contributed by atoms with E-state index in [-0.39, 0.29) is 0 Å². The van der Waals surface area contributed by atoms with E-state index in [9.17, 15) is 0 Å². The molecule has 2 heteroatoms. The maximum absolute atomic E-state index is 4.74. The average Bonchev–Trinajstić information content (AvgIpc) is 1.84. The highest BCUT2D eigenvalue weighted by Crippen LogP contribution is 2.73. The van der Waals surface area contributed by atoms with Crippen molar-refractivity contribution in [3.8, 4) is 0 Å². The quantitative estimate of drug-likeness (QED) is 0.513. The summed E-state index contributed by atoms with van der Waals surface area (Å²) in [5, 5.41) is 0.694. The molecule has 0 amide bonds. The van der Waals surface area contributed by atoms with Crippen LogP contribution in [0.4, 0.5) is 0 Å². The van der Waals surface area contributed by atoms with Crippen LogP contribution in [0.5, 0.6) is 0 Å². The number of rotatable bonds is 0. The first-order chi connectivity index (χ1) is 4.73. The first-order valence-electron chi connectivity index (χ1n) is 4.14. The van der Waals surface area contributed by atoms with E-state index < -0.39 is 0 Å². The Morgan fingerprint density at radius 2 is 2.20 bits per heavy atom. The van der Waals surface area contributed by atoms with Crippen LogP contribution in [0.3, 0.4) is 0 Å². The Morgan fingerprint density at radius 3 is 2.50 bits per heavy atom. The van der Waals surface area contributed by atoms with Crippen molar-refractivity contribution in [3.63, 3.8) is 0 Å². The zero-order chi connectivity index (χ0) is 6.93. The molecular formula is C8H12S2. The largest absolute Gasteiger partial charge is 0.176 e. The summed E-state index contributed by atoms with van der Waals surface area (Å²) in [7, 11) is 0. The average molecular weight is 172 g/mol. The molecule has 3 fully saturated rings. The highest BCUT2D eigenvalue weighted by Gasteiger charge is 2.70. The van der Waals surface area contributed by atoms with Crippen LogP contribution in [-0.4, -0.2) is 10.00 Å². The smallest absolute Gasteiger partial charge is 0.0202 e. The molecular weight excluding hydrogens is 160 g/mol. The van der Waals surface area contributed by atoms with Crippen molar-refractivity contribution in [2.24, 2.45) is 17.8 Å². The molecule has 56 valence electrons. The molecule has 3 aliphatic rings. The highest BCUT2D eigenvalue weighted by atomic mass is 32.1. The van der Waals surface area contributed by atoms with Gasteiger partial charge in [-0.05, 0) is 37.0 Å². The van der Waals surface area contributed by atoms with Gasteiger partial charge >= 0.3 is 0 Å². The normalized spacial score (nSPS) is 70.2. The topological polar surface area (TPSA) is 0 Å². The monoisotopic (exact) mass is 172 g/mol. The molecule has 0 aromatic carbocycles. The molecule has 3 rings (SSSR count). The molecule has 0 radical (unpaired) electrons. The Bertz CT molecular complexity index is 192. The zero-order valence-electron chi connectivity index (χ0n) is 5.83. The molecule has 5 atom stereocenters. The molecule has 0 heterocycles. The van der Waals surface area contributed by atoms with Crippen molar-refractivity contribution in [1.82, 2.24) is 0 Å². The van der Waals surface area contributed by atoms with Crippen LogP contribution in [0.25, 0.3) is 0 Å². The van der Waals surface area contributed by atoms with Gasteiger partial charge in [-0.15, -0.1) is 0 Å². The Kier molecular flexibility index (Phi) is 0.973. The summed E-state index contributed by atoms with van der Waals surface area (Å²) in [6.45, 7) is 0. The fourth-order valence-corrected chi connectivity index (χ4v) is 4.94. The molecule has 0 aromatic heterocycles. The van der Waals surface area contributed by atoms with Gasteiger partial charge in [0.05, 0.1) is 0 Å². The van der Waals surface area contributed by atoms with E-state index in [1.54, 1.807) is 0 Å². The molecule has 0 bridgehead atoms. The minimum atomic E-state index is 0.468. The minimum absolute atomic E-state index is 0.468. The molecule has 5 unspecified atom stereocenters. The second-order valence-corrected chi connectivity index (χ2v) is 5.63. The van der Waals surface area contributed by atoms with Crippen LogP contribution in [0.15, 0.2) is 0 Å². The predicted molar refractivity (Wildman–Crippen MR) is 48.8 cm³/mol. The maximum Gasteiger partial charge on any atom is 0.0202 e. The minimum Gasteiger partial charge on any atom is -0.176 e. The van der Waals surface area contributed by atoms with E-state index in [0.717, 1.165) is 17.8 Å². The van der Waals surface area contributed by atoms with Gasteiger partial charge in [0.1, 0.15) is 0 Å². The second kappa shape index (κ2) is 1.56. The molecule has 0 aromatic rings. The van der Waals surface area contributed by atoms with Crippen LogP contribution in [0.2, 0.25) is 0 Å². The SMILES string of the molecule is SC1CC2C3CCC3(S)C12. The summed E-state index contributed by atoms with van der Waals surface area (Å²) < 4.78 is 0.468. The van der Waals surface area contributed by atoms with Crippen molar-refractivity contribution in [3.05, 3.63) is 0 Å². The fraction of sp³-hybridized carbons (Fsp3) is 1.00. The van der Waals surface area contributed by atoms with Gasteiger partial charge in [-0.1, -0.05) is 0 Å². The van der Waals surface area contributed by atoms with Crippen molar-refractivity contribution in [1.29, 1.82) is 0 Å². The van der Waals surface area contributed by atoms with Gasteiger partial charge < -0.3 is 0 Å². The van der Waals surface area contributed by atoms with Gasteiger partial charge in [-0.3, -0.25) is 0 Å². The van der Waals surface area contributed by atoms with E-state index >= 15 is 0 Å². The van der Waals surface area contributed by atoms with Gasteiger partial charge in [-0.25, -0.2) is 0 Å². The van der Waals surface area contributed by atoms with Gasteiger partial charge in [0, 0.05) is 10.00 Å². The van der Waals surface area contributed by atoms with Crippen molar-refractivity contribution in [2.45, 2.75) is 29.3 Å². The maximum atomic E-state index is 4.74. The van der Waals surface area contributed by atoms with Crippen molar-refractivity contribution < 1.29 is 0 Å². The lowest BCUT2D eigenvalue weighted by Gasteiger charge is -2.74. The van der Waals surface area contributed by atoms with E-state index in [1.807, 2.05) is 0 Å². The lowest BCUT2D eigenvalue weighted by molar-refractivity contribution is -0.128. The summed E-state index contributed by atoms with van der Waals surface area (Å²) in [5.74, 6) is 2.91. The summed E-state index contributed by atoms with van der Waals surface area (Å²) in [6, 6.07) is 0. The summed E-state index contributed by atoms with van der Waals surface area (Å²) >= 11 is 9.27. The summed E-state index contributed by atoms with van der Waals surface area (Å²) in [5.41, 5.74) is 0. The Labute approximate surface area is 72.6 Å². The third-order valence-electron chi connectivity index (χ3n) is 3.98.